The van der Waals surface area contributed by atoms with Crippen molar-refractivity contribution in [1.29, 1.82) is 0 Å². The van der Waals surface area contributed by atoms with Gasteiger partial charge in [-0.1, -0.05) is 61.5 Å². The van der Waals surface area contributed by atoms with Gasteiger partial charge in [0.15, 0.2) is 0 Å². The lowest BCUT2D eigenvalue weighted by Crippen LogP contribution is -2.53. The molecule has 0 aliphatic carbocycles. The molecule has 0 heterocycles. The molecule has 1 N–H and O–H groups in total. The Kier molecular flexibility index (Phi) is 10.9. The number of halogens is 1. The molecule has 0 saturated carbocycles. The molecule has 3 aromatic carbocycles. The van der Waals surface area contributed by atoms with Crippen LogP contribution in [0.15, 0.2) is 83.3 Å². The average Bonchev–Trinajstić information content (AvgIpc) is 2.92. The van der Waals surface area contributed by atoms with Crippen molar-refractivity contribution < 1.29 is 22.7 Å². The number of carbonyl (C=O) groups is 2. The van der Waals surface area contributed by atoms with Gasteiger partial charge in [-0.05, 0) is 57.7 Å². The number of hydrogen-bond acceptors (Lipinski definition) is 5. The third-order valence-corrected chi connectivity index (χ3v) is 7.90. The summed E-state index contributed by atoms with van der Waals surface area (Å²) in [5.74, 6) is -0.198. The van der Waals surface area contributed by atoms with Crippen LogP contribution in [0.4, 0.5) is 5.69 Å². The van der Waals surface area contributed by atoms with Crippen molar-refractivity contribution in [2.24, 2.45) is 0 Å². The maximum Gasteiger partial charge on any atom is 0.244 e. The van der Waals surface area contributed by atoms with E-state index in [4.69, 9.17) is 4.74 Å². The molecule has 0 aliphatic heterocycles. The number of amides is 2. The van der Waals surface area contributed by atoms with Gasteiger partial charge in [0.1, 0.15) is 18.3 Å². The summed E-state index contributed by atoms with van der Waals surface area (Å²) in [6, 6.07) is 22.6. The van der Waals surface area contributed by atoms with Crippen molar-refractivity contribution in [3.05, 3.63) is 94.5 Å². The van der Waals surface area contributed by atoms with Gasteiger partial charge < -0.3 is 15.0 Å². The molecule has 0 unspecified atom stereocenters. The number of benzene rings is 3. The minimum absolute atomic E-state index is 0.0840. The molecule has 2 amide bonds. The summed E-state index contributed by atoms with van der Waals surface area (Å²) in [4.78, 5) is 29.0. The van der Waals surface area contributed by atoms with Crippen molar-refractivity contribution in [1.82, 2.24) is 10.2 Å². The third kappa shape index (κ3) is 8.56. The van der Waals surface area contributed by atoms with Gasteiger partial charge in [0, 0.05) is 24.0 Å². The second-order valence-corrected chi connectivity index (χ2v) is 11.9. The Hall–Kier alpha value is -3.37. The number of carbonyl (C=O) groups excluding carboxylic acids is 2. The Morgan fingerprint density at radius 3 is 2.28 bits per heavy atom. The van der Waals surface area contributed by atoms with Gasteiger partial charge in [-0.25, -0.2) is 8.42 Å². The van der Waals surface area contributed by atoms with E-state index in [0.29, 0.717) is 22.5 Å². The highest BCUT2D eigenvalue weighted by Gasteiger charge is 2.33. The van der Waals surface area contributed by atoms with Gasteiger partial charge in [-0.3, -0.25) is 13.9 Å². The molecule has 0 aromatic heterocycles. The number of para-hydroxylation sites is 1. The summed E-state index contributed by atoms with van der Waals surface area (Å²) in [5.41, 5.74) is 1.96. The molecular weight excluding hydrogens is 582 g/mol. The lowest BCUT2D eigenvalue weighted by Gasteiger charge is -2.33. The summed E-state index contributed by atoms with van der Waals surface area (Å²) in [5, 5.41) is 2.92. The van der Waals surface area contributed by atoms with Gasteiger partial charge in [0.25, 0.3) is 0 Å². The van der Waals surface area contributed by atoms with Crippen molar-refractivity contribution in [2.75, 3.05) is 30.8 Å². The van der Waals surface area contributed by atoms with Crippen LogP contribution in [0, 0.1) is 0 Å². The summed E-state index contributed by atoms with van der Waals surface area (Å²) < 4.78 is 32.7. The van der Waals surface area contributed by atoms with Crippen molar-refractivity contribution in [3.63, 3.8) is 0 Å². The fourth-order valence-corrected chi connectivity index (χ4v) is 5.61. The average molecular weight is 617 g/mol. The molecule has 0 saturated heterocycles. The van der Waals surface area contributed by atoms with Crippen LogP contribution < -0.4 is 14.4 Å². The van der Waals surface area contributed by atoms with Crippen LogP contribution in [0.2, 0.25) is 0 Å². The highest BCUT2D eigenvalue weighted by Crippen LogP contribution is 2.28. The van der Waals surface area contributed by atoms with Crippen LogP contribution in [0.25, 0.3) is 0 Å². The van der Waals surface area contributed by atoms with Crippen molar-refractivity contribution in [2.45, 2.75) is 32.4 Å². The molecule has 8 nitrogen and oxygen atoms in total. The zero-order valence-electron chi connectivity index (χ0n) is 22.3. The Morgan fingerprint density at radius 2 is 1.64 bits per heavy atom. The Labute approximate surface area is 239 Å². The highest BCUT2D eigenvalue weighted by molar-refractivity contribution is 9.10. The van der Waals surface area contributed by atoms with Crippen LogP contribution in [0.3, 0.4) is 0 Å². The van der Waals surface area contributed by atoms with Crippen LogP contribution in [0.1, 0.15) is 24.5 Å². The maximum absolute atomic E-state index is 14.0. The third-order valence-electron chi connectivity index (χ3n) is 6.11. The minimum atomic E-state index is -3.84. The van der Waals surface area contributed by atoms with E-state index in [1.54, 1.807) is 43.5 Å². The first-order chi connectivity index (χ1) is 18.6. The maximum atomic E-state index is 14.0. The largest absolute Gasteiger partial charge is 0.497 e. The van der Waals surface area contributed by atoms with Gasteiger partial charge in [0.2, 0.25) is 21.8 Å². The summed E-state index contributed by atoms with van der Waals surface area (Å²) >= 11 is 3.40. The van der Waals surface area contributed by atoms with Crippen LogP contribution >= 0.6 is 15.9 Å². The molecule has 0 radical (unpaired) electrons. The van der Waals surface area contributed by atoms with E-state index in [-0.39, 0.29) is 18.9 Å². The normalized spacial score (nSPS) is 11.9. The van der Waals surface area contributed by atoms with Gasteiger partial charge in [-0.15, -0.1) is 0 Å². The minimum Gasteiger partial charge on any atom is -0.497 e. The number of sulfonamides is 1. The second-order valence-electron chi connectivity index (χ2n) is 9.09. The highest BCUT2D eigenvalue weighted by atomic mass is 79.9. The lowest BCUT2D eigenvalue weighted by molar-refractivity contribution is -0.140. The fourth-order valence-electron chi connectivity index (χ4n) is 4.14. The quantitative estimate of drug-likeness (QED) is 0.308. The number of methoxy groups -OCH3 is 1. The van der Waals surface area contributed by atoms with Crippen LogP contribution in [0.5, 0.6) is 5.75 Å². The number of hydrogen-bond donors (Lipinski definition) is 1. The molecular formula is C29H34BrN3O5S. The second kappa shape index (κ2) is 14.1. The van der Waals surface area contributed by atoms with E-state index in [1.165, 1.54) is 4.90 Å². The van der Waals surface area contributed by atoms with Crippen molar-refractivity contribution in [3.8, 4) is 5.75 Å². The standard InChI is InChI=1S/C29H34BrN3O5S/c1-4-17-31-29(35)27(19-22-11-6-5-7-12-22)32(20-23-13-10-14-24(18-23)38-2)28(34)21-33(39(3,36)37)26-16-9-8-15-25(26)30/h5-16,18,27H,4,17,19-21H2,1-3H3,(H,31,35)/t27-/m1/s1. The Balaban J connectivity index is 2.06. The number of anilines is 1. The van der Waals surface area contributed by atoms with Gasteiger partial charge in [0.05, 0.1) is 19.1 Å². The molecule has 0 fully saturated rings. The van der Waals surface area contributed by atoms with Gasteiger partial charge in [-0.2, -0.15) is 0 Å². The molecule has 3 aromatic rings. The number of rotatable bonds is 13. The zero-order chi connectivity index (χ0) is 28.4. The molecule has 39 heavy (non-hydrogen) atoms. The molecule has 10 heteroatoms. The smallest absolute Gasteiger partial charge is 0.244 e. The molecule has 208 valence electrons. The van der Waals surface area contributed by atoms with E-state index < -0.39 is 28.5 Å². The first-order valence-electron chi connectivity index (χ1n) is 12.6. The fraction of sp³-hybridized carbons (Fsp3) is 0.310. The van der Waals surface area contributed by atoms with Gasteiger partial charge >= 0.3 is 0 Å². The number of nitrogens with zero attached hydrogens (tertiary/aromatic N) is 2. The lowest BCUT2D eigenvalue weighted by atomic mass is 10.0. The summed E-state index contributed by atoms with van der Waals surface area (Å²) in [6.45, 7) is 2.02. The predicted octanol–water partition coefficient (Wildman–Crippen LogP) is 4.39. The first-order valence-corrected chi connectivity index (χ1v) is 15.2. The Morgan fingerprint density at radius 1 is 0.974 bits per heavy atom. The first kappa shape index (κ1) is 30.2. The predicted molar refractivity (Wildman–Crippen MR) is 157 cm³/mol. The van der Waals surface area contributed by atoms with Crippen molar-refractivity contribution >= 4 is 43.5 Å². The van der Waals surface area contributed by atoms with E-state index in [9.17, 15) is 18.0 Å². The molecule has 3 rings (SSSR count). The van der Waals surface area contributed by atoms with E-state index in [0.717, 1.165) is 28.1 Å². The molecule has 0 aliphatic rings. The summed E-state index contributed by atoms with van der Waals surface area (Å²) in [7, 11) is -2.28. The van der Waals surface area contributed by atoms with E-state index in [1.807, 2.05) is 49.4 Å². The van der Waals surface area contributed by atoms with Crippen LogP contribution in [-0.4, -0.2) is 57.6 Å². The number of ether oxygens (including phenoxy) is 1. The van der Waals surface area contributed by atoms with E-state index >= 15 is 0 Å². The number of nitrogens with one attached hydrogen (secondary N) is 1. The molecule has 0 bridgehead atoms. The zero-order valence-corrected chi connectivity index (χ0v) is 24.7. The monoisotopic (exact) mass is 615 g/mol. The van der Waals surface area contributed by atoms with E-state index in [2.05, 4.69) is 21.2 Å². The topological polar surface area (TPSA) is 96.0 Å². The molecule has 0 spiro atoms. The summed E-state index contributed by atoms with van der Waals surface area (Å²) in [6.07, 6.45) is 2.05. The SMILES string of the molecule is CCCNC(=O)[C@@H](Cc1ccccc1)N(Cc1cccc(OC)c1)C(=O)CN(c1ccccc1Br)S(C)(=O)=O. The Bertz CT molecular complexity index is 1370. The van der Waals surface area contributed by atoms with Crippen LogP contribution in [-0.2, 0) is 32.6 Å². The molecule has 1 atom stereocenters.